The second kappa shape index (κ2) is 8.84. The first-order valence-electron chi connectivity index (χ1n) is 10.5. The fourth-order valence-electron chi connectivity index (χ4n) is 4.35. The van der Waals surface area contributed by atoms with Gasteiger partial charge < -0.3 is 15.0 Å². The molecule has 0 saturated heterocycles. The summed E-state index contributed by atoms with van der Waals surface area (Å²) >= 11 is 0. The van der Waals surface area contributed by atoms with Gasteiger partial charge in [0.05, 0.1) is 24.6 Å². The van der Waals surface area contributed by atoms with Crippen molar-refractivity contribution in [3.8, 4) is 5.75 Å². The second-order valence-electron chi connectivity index (χ2n) is 8.70. The number of carbonyl (C=O) groups excluding carboxylic acids is 1. The van der Waals surface area contributed by atoms with Gasteiger partial charge in [0.1, 0.15) is 5.75 Å². The summed E-state index contributed by atoms with van der Waals surface area (Å²) in [6.45, 7) is 13.1. The van der Waals surface area contributed by atoms with Crippen LogP contribution in [0.5, 0.6) is 5.75 Å². The average molecular weight is 421 g/mol. The third-order valence-electron chi connectivity index (χ3n) is 5.50. The van der Waals surface area contributed by atoms with Gasteiger partial charge in [-0.05, 0) is 82.5 Å². The van der Waals surface area contributed by atoms with E-state index in [0.717, 1.165) is 11.1 Å². The van der Waals surface area contributed by atoms with Crippen LogP contribution in [-0.2, 0) is 0 Å². The molecule has 1 aliphatic heterocycles. The number of allylic oxidation sites excluding steroid dienone is 1. The smallest absolute Gasteiger partial charge is 0.339 e. The van der Waals surface area contributed by atoms with Crippen LogP contribution in [0.15, 0.2) is 47.6 Å². The molecule has 0 aromatic heterocycles. The molecule has 0 radical (unpaired) electrons. The van der Waals surface area contributed by atoms with Gasteiger partial charge >= 0.3 is 6.03 Å². The molecule has 0 unspecified atom stereocenters. The Kier molecular flexibility index (Phi) is 6.39. The lowest BCUT2D eigenvalue weighted by atomic mass is 9.86. The SMILES string of the molecule is COc1ccccc1NC(=O)N/N=C\c1cc2c(cc1C)N(C(C)C)C(C)(C)C=C2C. The Morgan fingerprint density at radius 3 is 2.58 bits per heavy atom. The van der Waals surface area contributed by atoms with Gasteiger partial charge in [0.25, 0.3) is 0 Å². The van der Waals surface area contributed by atoms with Gasteiger partial charge in [-0.2, -0.15) is 5.10 Å². The molecule has 0 atom stereocenters. The number of urea groups is 1. The number of benzene rings is 2. The zero-order valence-electron chi connectivity index (χ0n) is 19.4. The first-order chi connectivity index (χ1) is 14.6. The summed E-state index contributed by atoms with van der Waals surface area (Å²) in [6.07, 6.45) is 3.99. The minimum atomic E-state index is -0.430. The maximum atomic E-state index is 12.2. The number of hydrogen-bond donors (Lipinski definition) is 2. The van der Waals surface area contributed by atoms with Crippen LogP contribution < -0.4 is 20.4 Å². The molecule has 6 nitrogen and oxygen atoms in total. The van der Waals surface area contributed by atoms with Crippen molar-refractivity contribution in [2.45, 2.75) is 53.1 Å². The predicted molar refractivity (Wildman–Crippen MR) is 129 cm³/mol. The van der Waals surface area contributed by atoms with E-state index in [1.165, 1.54) is 16.8 Å². The number of hydrogen-bond acceptors (Lipinski definition) is 4. The van der Waals surface area contributed by atoms with Crippen LogP contribution in [0, 0.1) is 6.92 Å². The first-order valence-corrected chi connectivity index (χ1v) is 10.5. The van der Waals surface area contributed by atoms with Crippen LogP contribution in [0.1, 0.15) is 51.3 Å². The van der Waals surface area contributed by atoms with Crippen molar-refractivity contribution in [3.63, 3.8) is 0 Å². The van der Waals surface area contributed by atoms with E-state index >= 15 is 0 Å². The number of fused-ring (bicyclic) bond motifs is 1. The van der Waals surface area contributed by atoms with Crippen LogP contribution in [0.2, 0.25) is 0 Å². The number of aryl methyl sites for hydroxylation is 1. The number of ether oxygens (including phenoxy) is 1. The number of methoxy groups -OCH3 is 1. The van der Waals surface area contributed by atoms with Crippen molar-refractivity contribution < 1.29 is 9.53 Å². The molecule has 0 spiro atoms. The third-order valence-corrected chi connectivity index (χ3v) is 5.50. The van der Waals surface area contributed by atoms with Gasteiger partial charge in [-0.15, -0.1) is 0 Å². The van der Waals surface area contributed by atoms with Gasteiger partial charge in [0.15, 0.2) is 0 Å². The summed E-state index contributed by atoms with van der Waals surface area (Å²) in [5.41, 5.74) is 8.80. The van der Waals surface area contributed by atoms with E-state index in [-0.39, 0.29) is 5.54 Å². The Balaban J connectivity index is 1.79. The summed E-state index contributed by atoms with van der Waals surface area (Å²) in [6, 6.07) is 11.5. The lowest BCUT2D eigenvalue weighted by Crippen LogP contribution is -2.49. The summed E-state index contributed by atoms with van der Waals surface area (Å²) in [5, 5.41) is 6.89. The summed E-state index contributed by atoms with van der Waals surface area (Å²) in [4.78, 5) is 14.7. The Morgan fingerprint density at radius 1 is 1.19 bits per heavy atom. The minimum Gasteiger partial charge on any atom is -0.495 e. The van der Waals surface area contributed by atoms with Crippen LogP contribution in [0.3, 0.4) is 0 Å². The summed E-state index contributed by atoms with van der Waals surface area (Å²) in [7, 11) is 1.56. The maximum absolute atomic E-state index is 12.2. The van der Waals surface area contributed by atoms with Crippen molar-refractivity contribution in [2.24, 2.45) is 5.10 Å². The molecule has 0 fully saturated rings. The van der Waals surface area contributed by atoms with Gasteiger partial charge in [0.2, 0.25) is 0 Å². The zero-order valence-corrected chi connectivity index (χ0v) is 19.4. The van der Waals surface area contributed by atoms with Gasteiger partial charge in [-0.3, -0.25) is 0 Å². The molecule has 0 bridgehead atoms. The highest BCUT2D eigenvalue weighted by Crippen LogP contribution is 2.41. The highest BCUT2D eigenvalue weighted by molar-refractivity contribution is 5.93. The Bertz CT molecular complexity index is 1040. The van der Waals surface area contributed by atoms with Crippen LogP contribution >= 0.6 is 0 Å². The highest BCUT2D eigenvalue weighted by Gasteiger charge is 2.33. The third kappa shape index (κ3) is 4.74. The van der Waals surface area contributed by atoms with E-state index in [0.29, 0.717) is 17.5 Å². The molecule has 1 aliphatic rings. The standard InChI is InChI=1S/C25H32N4O2/c1-16(2)29-22-12-17(3)19(13-20(22)18(4)14-25(29,5)6)15-26-28-24(30)27-21-10-8-9-11-23(21)31-7/h8-16H,1-7H3,(H2,27,28,30)/b26-15-. The molecule has 2 aromatic carbocycles. The molecule has 2 N–H and O–H groups in total. The molecule has 2 aromatic rings. The zero-order chi connectivity index (χ0) is 22.8. The van der Waals surface area contributed by atoms with Crippen LogP contribution in [-0.4, -0.2) is 30.9 Å². The summed E-state index contributed by atoms with van der Waals surface area (Å²) < 4.78 is 5.25. The van der Waals surface area contributed by atoms with Crippen molar-refractivity contribution in [1.29, 1.82) is 0 Å². The topological polar surface area (TPSA) is 66.0 Å². The lowest BCUT2D eigenvalue weighted by Gasteiger charge is -2.46. The lowest BCUT2D eigenvalue weighted by molar-refractivity contribution is 0.252. The van der Waals surface area contributed by atoms with Gasteiger partial charge in [-0.1, -0.05) is 18.2 Å². The number of nitrogens with one attached hydrogen (secondary N) is 2. The molecule has 1 heterocycles. The van der Waals surface area contributed by atoms with Crippen molar-refractivity contribution in [1.82, 2.24) is 5.43 Å². The Hall–Kier alpha value is -3.28. The number of anilines is 2. The van der Waals surface area contributed by atoms with Crippen molar-refractivity contribution in [3.05, 3.63) is 59.2 Å². The van der Waals surface area contributed by atoms with Crippen molar-refractivity contribution >= 4 is 29.2 Å². The van der Waals surface area contributed by atoms with Crippen LogP contribution in [0.25, 0.3) is 5.57 Å². The average Bonchev–Trinajstić information content (AvgIpc) is 2.68. The number of para-hydroxylation sites is 2. The molecule has 6 heteroatoms. The van der Waals surface area contributed by atoms with E-state index in [9.17, 15) is 4.79 Å². The molecule has 0 aliphatic carbocycles. The minimum absolute atomic E-state index is 0.0502. The molecule has 164 valence electrons. The number of carbonyl (C=O) groups is 1. The number of hydrazone groups is 1. The number of rotatable bonds is 5. The maximum Gasteiger partial charge on any atom is 0.339 e. The van der Waals surface area contributed by atoms with Crippen LogP contribution in [0.4, 0.5) is 16.2 Å². The molecular weight excluding hydrogens is 388 g/mol. The van der Waals surface area contributed by atoms with E-state index in [1.54, 1.807) is 25.5 Å². The largest absolute Gasteiger partial charge is 0.495 e. The Morgan fingerprint density at radius 2 is 1.90 bits per heavy atom. The molecule has 31 heavy (non-hydrogen) atoms. The monoisotopic (exact) mass is 420 g/mol. The highest BCUT2D eigenvalue weighted by atomic mass is 16.5. The quantitative estimate of drug-likeness (QED) is 0.491. The van der Waals surface area contributed by atoms with E-state index < -0.39 is 6.03 Å². The van der Waals surface area contributed by atoms with Gasteiger partial charge in [0, 0.05) is 17.3 Å². The Labute approximate surface area is 185 Å². The fourth-order valence-corrected chi connectivity index (χ4v) is 4.35. The second-order valence-corrected chi connectivity index (χ2v) is 8.70. The number of amides is 2. The summed E-state index contributed by atoms with van der Waals surface area (Å²) in [5.74, 6) is 0.590. The van der Waals surface area contributed by atoms with E-state index in [4.69, 9.17) is 4.74 Å². The predicted octanol–water partition coefficient (Wildman–Crippen LogP) is 5.57. The molecule has 0 saturated carbocycles. The van der Waals surface area contributed by atoms with E-state index in [1.807, 2.05) is 12.1 Å². The molecule has 3 rings (SSSR count). The first kappa shape index (κ1) is 22.4. The van der Waals surface area contributed by atoms with Crippen molar-refractivity contribution in [2.75, 3.05) is 17.3 Å². The fraction of sp³-hybridized carbons (Fsp3) is 0.360. The molecule has 2 amide bonds. The van der Waals surface area contributed by atoms with Gasteiger partial charge in [-0.25, -0.2) is 10.2 Å². The van der Waals surface area contributed by atoms with E-state index in [2.05, 4.69) is 80.5 Å². The normalized spacial score (nSPS) is 15.0. The number of nitrogens with zero attached hydrogens (tertiary/aromatic N) is 2. The molecular formula is C25H32N4O2.